The van der Waals surface area contributed by atoms with Crippen molar-refractivity contribution in [2.45, 2.75) is 38.2 Å². The van der Waals surface area contributed by atoms with E-state index in [0.717, 1.165) is 25.9 Å². The van der Waals surface area contributed by atoms with Crippen LogP contribution >= 0.6 is 0 Å². The SMILES string of the molecule is CC1(C(=O)NCC2(O)CCOCC2)CCNCC1. The topological polar surface area (TPSA) is 70.6 Å². The van der Waals surface area contributed by atoms with Crippen molar-refractivity contribution in [2.75, 3.05) is 32.8 Å². The Labute approximate surface area is 108 Å². The number of ether oxygens (including phenoxy) is 1. The van der Waals surface area contributed by atoms with E-state index in [-0.39, 0.29) is 11.3 Å². The number of aliphatic hydroxyl groups is 1. The fraction of sp³-hybridized carbons (Fsp3) is 0.923. The molecule has 0 aliphatic carbocycles. The van der Waals surface area contributed by atoms with Gasteiger partial charge in [-0.2, -0.15) is 0 Å². The van der Waals surface area contributed by atoms with Gasteiger partial charge in [-0.25, -0.2) is 0 Å². The van der Waals surface area contributed by atoms with E-state index < -0.39 is 5.60 Å². The van der Waals surface area contributed by atoms with Crippen LogP contribution in [-0.2, 0) is 9.53 Å². The van der Waals surface area contributed by atoms with E-state index in [0.29, 0.717) is 32.6 Å². The lowest BCUT2D eigenvalue weighted by Crippen LogP contribution is -2.51. The summed E-state index contributed by atoms with van der Waals surface area (Å²) in [7, 11) is 0. The molecule has 2 heterocycles. The standard InChI is InChI=1S/C13H24N2O3/c1-12(2-6-14-7-3-12)11(16)15-10-13(17)4-8-18-9-5-13/h14,17H,2-10H2,1H3,(H,15,16). The molecule has 2 rings (SSSR count). The minimum absolute atomic E-state index is 0.0731. The number of carbonyl (C=O) groups excluding carboxylic acids is 1. The Morgan fingerprint density at radius 1 is 1.28 bits per heavy atom. The Balaban J connectivity index is 1.83. The lowest BCUT2D eigenvalue weighted by molar-refractivity contribution is -0.134. The zero-order chi connectivity index (χ0) is 13.1. The largest absolute Gasteiger partial charge is 0.388 e. The third kappa shape index (κ3) is 3.22. The molecule has 3 N–H and O–H groups in total. The molecule has 2 aliphatic rings. The van der Waals surface area contributed by atoms with Crippen LogP contribution in [0, 0.1) is 5.41 Å². The molecule has 2 saturated heterocycles. The molecule has 0 aromatic carbocycles. The van der Waals surface area contributed by atoms with Crippen molar-refractivity contribution in [1.82, 2.24) is 10.6 Å². The fourth-order valence-corrected chi connectivity index (χ4v) is 2.59. The highest BCUT2D eigenvalue weighted by atomic mass is 16.5. The van der Waals surface area contributed by atoms with E-state index in [1.807, 2.05) is 6.92 Å². The van der Waals surface area contributed by atoms with E-state index >= 15 is 0 Å². The van der Waals surface area contributed by atoms with Gasteiger partial charge in [0.05, 0.1) is 5.60 Å². The average molecular weight is 256 g/mol. The average Bonchev–Trinajstić information content (AvgIpc) is 2.38. The summed E-state index contributed by atoms with van der Waals surface area (Å²) in [6.45, 7) is 5.29. The Morgan fingerprint density at radius 2 is 1.89 bits per heavy atom. The maximum absolute atomic E-state index is 12.2. The van der Waals surface area contributed by atoms with Crippen molar-refractivity contribution in [3.05, 3.63) is 0 Å². The molecule has 0 aromatic rings. The number of carbonyl (C=O) groups is 1. The third-order valence-electron chi connectivity index (χ3n) is 4.26. The first-order valence-corrected chi connectivity index (χ1v) is 6.83. The third-order valence-corrected chi connectivity index (χ3v) is 4.26. The fourth-order valence-electron chi connectivity index (χ4n) is 2.59. The van der Waals surface area contributed by atoms with Crippen LogP contribution in [0.25, 0.3) is 0 Å². The smallest absolute Gasteiger partial charge is 0.226 e. The molecule has 0 saturated carbocycles. The number of hydrogen-bond acceptors (Lipinski definition) is 4. The quantitative estimate of drug-likeness (QED) is 0.666. The van der Waals surface area contributed by atoms with Crippen LogP contribution in [0.1, 0.15) is 32.6 Å². The molecule has 0 unspecified atom stereocenters. The van der Waals surface area contributed by atoms with Gasteiger partial charge in [-0.15, -0.1) is 0 Å². The van der Waals surface area contributed by atoms with Crippen molar-refractivity contribution in [1.29, 1.82) is 0 Å². The van der Waals surface area contributed by atoms with Crippen LogP contribution in [-0.4, -0.2) is 49.5 Å². The molecular weight excluding hydrogens is 232 g/mol. The second-order valence-corrected chi connectivity index (χ2v) is 5.83. The van der Waals surface area contributed by atoms with E-state index in [9.17, 15) is 9.90 Å². The van der Waals surface area contributed by atoms with Gasteiger partial charge in [0.1, 0.15) is 0 Å². The summed E-state index contributed by atoms with van der Waals surface area (Å²) in [5.41, 5.74) is -1.07. The van der Waals surface area contributed by atoms with Gasteiger partial charge in [0.15, 0.2) is 0 Å². The van der Waals surface area contributed by atoms with Crippen LogP contribution in [0.3, 0.4) is 0 Å². The molecule has 0 atom stereocenters. The van der Waals surface area contributed by atoms with Gasteiger partial charge < -0.3 is 20.5 Å². The van der Waals surface area contributed by atoms with Gasteiger partial charge in [-0.3, -0.25) is 4.79 Å². The molecule has 0 bridgehead atoms. The van der Waals surface area contributed by atoms with Gasteiger partial charge in [-0.1, -0.05) is 6.92 Å². The lowest BCUT2D eigenvalue weighted by atomic mass is 9.80. The summed E-state index contributed by atoms with van der Waals surface area (Å²) in [5, 5.41) is 16.5. The minimum atomic E-state index is -0.781. The number of piperidine rings is 1. The number of rotatable bonds is 3. The zero-order valence-electron chi connectivity index (χ0n) is 11.1. The Hall–Kier alpha value is -0.650. The van der Waals surface area contributed by atoms with Crippen LogP contribution in [0.5, 0.6) is 0 Å². The molecule has 18 heavy (non-hydrogen) atoms. The number of amides is 1. The maximum Gasteiger partial charge on any atom is 0.226 e. The first-order chi connectivity index (χ1) is 8.54. The van der Waals surface area contributed by atoms with Crippen molar-refractivity contribution in [3.8, 4) is 0 Å². The van der Waals surface area contributed by atoms with Crippen LogP contribution in [0.4, 0.5) is 0 Å². The summed E-state index contributed by atoms with van der Waals surface area (Å²) >= 11 is 0. The second-order valence-electron chi connectivity index (χ2n) is 5.83. The molecule has 2 fully saturated rings. The molecule has 0 aromatic heterocycles. The van der Waals surface area contributed by atoms with Crippen LogP contribution in [0.2, 0.25) is 0 Å². The number of nitrogens with one attached hydrogen (secondary N) is 2. The lowest BCUT2D eigenvalue weighted by Gasteiger charge is -2.36. The summed E-state index contributed by atoms with van der Waals surface area (Å²) in [4.78, 5) is 12.2. The normalized spacial score (nSPS) is 26.6. The van der Waals surface area contributed by atoms with Crippen molar-refractivity contribution >= 4 is 5.91 Å². The summed E-state index contributed by atoms with van der Waals surface area (Å²) in [5.74, 6) is 0.0731. The van der Waals surface area contributed by atoms with Gasteiger partial charge in [0.2, 0.25) is 5.91 Å². The first kappa shape index (κ1) is 13.8. The van der Waals surface area contributed by atoms with E-state index in [2.05, 4.69) is 10.6 Å². The highest BCUT2D eigenvalue weighted by Gasteiger charge is 2.36. The Bertz CT molecular complexity index is 295. The minimum Gasteiger partial charge on any atom is -0.388 e. The summed E-state index contributed by atoms with van der Waals surface area (Å²) in [6.07, 6.45) is 2.93. The molecule has 0 spiro atoms. The van der Waals surface area contributed by atoms with E-state index in [4.69, 9.17) is 4.74 Å². The molecule has 104 valence electrons. The van der Waals surface area contributed by atoms with Gasteiger partial charge in [-0.05, 0) is 25.9 Å². The molecule has 5 nitrogen and oxygen atoms in total. The summed E-state index contributed by atoms with van der Waals surface area (Å²) in [6, 6.07) is 0. The Morgan fingerprint density at radius 3 is 2.50 bits per heavy atom. The van der Waals surface area contributed by atoms with Crippen LogP contribution in [0.15, 0.2) is 0 Å². The molecule has 1 amide bonds. The zero-order valence-corrected chi connectivity index (χ0v) is 11.1. The van der Waals surface area contributed by atoms with Gasteiger partial charge in [0.25, 0.3) is 0 Å². The first-order valence-electron chi connectivity index (χ1n) is 6.83. The maximum atomic E-state index is 12.2. The van der Waals surface area contributed by atoms with Crippen molar-refractivity contribution < 1.29 is 14.6 Å². The van der Waals surface area contributed by atoms with E-state index in [1.54, 1.807) is 0 Å². The number of hydrogen-bond donors (Lipinski definition) is 3. The highest BCUT2D eigenvalue weighted by molar-refractivity contribution is 5.82. The highest BCUT2D eigenvalue weighted by Crippen LogP contribution is 2.28. The predicted molar refractivity (Wildman–Crippen MR) is 68.2 cm³/mol. The molecule has 2 aliphatic heterocycles. The van der Waals surface area contributed by atoms with Gasteiger partial charge in [0, 0.05) is 38.0 Å². The Kier molecular flexibility index (Phi) is 4.25. The summed E-state index contributed by atoms with van der Waals surface area (Å²) < 4.78 is 5.23. The second kappa shape index (κ2) is 5.55. The van der Waals surface area contributed by atoms with Gasteiger partial charge >= 0.3 is 0 Å². The molecule has 5 heteroatoms. The van der Waals surface area contributed by atoms with Crippen LogP contribution < -0.4 is 10.6 Å². The van der Waals surface area contributed by atoms with Crippen molar-refractivity contribution in [3.63, 3.8) is 0 Å². The molecular formula is C13H24N2O3. The van der Waals surface area contributed by atoms with E-state index in [1.165, 1.54) is 0 Å². The molecule has 0 radical (unpaired) electrons. The monoisotopic (exact) mass is 256 g/mol. The van der Waals surface area contributed by atoms with Crippen molar-refractivity contribution in [2.24, 2.45) is 5.41 Å². The predicted octanol–water partition coefficient (Wildman–Crippen LogP) is 0.0338.